The van der Waals surface area contributed by atoms with Crippen LogP contribution >= 0.6 is 0 Å². The van der Waals surface area contributed by atoms with Crippen molar-refractivity contribution in [1.29, 1.82) is 0 Å². The van der Waals surface area contributed by atoms with E-state index in [2.05, 4.69) is 10.3 Å². The average molecular weight is 236 g/mol. The van der Waals surface area contributed by atoms with Crippen LogP contribution in [-0.2, 0) is 0 Å². The summed E-state index contributed by atoms with van der Waals surface area (Å²) < 4.78 is 26.0. The van der Waals surface area contributed by atoms with Crippen molar-refractivity contribution in [3.05, 3.63) is 42.1 Å². The first kappa shape index (κ1) is 11.9. The normalized spacial score (nSPS) is 13.2. The van der Waals surface area contributed by atoms with Gasteiger partial charge in [-0.3, -0.25) is 4.98 Å². The molecule has 0 aliphatic carbocycles. The molecule has 0 saturated carbocycles. The Balaban J connectivity index is 2.52. The lowest BCUT2D eigenvalue weighted by Crippen LogP contribution is -2.27. The van der Waals surface area contributed by atoms with E-state index in [1.54, 1.807) is 24.4 Å². The Bertz CT molecular complexity index is 494. The molecular formula is C13H14F2N2. The van der Waals surface area contributed by atoms with Gasteiger partial charge >= 0.3 is 0 Å². The number of para-hydroxylation sites is 1. The molecule has 1 heterocycles. The highest BCUT2D eigenvalue weighted by atomic mass is 19.3. The number of benzene rings is 1. The van der Waals surface area contributed by atoms with Gasteiger partial charge in [0.1, 0.15) is 0 Å². The van der Waals surface area contributed by atoms with E-state index < -0.39 is 12.5 Å². The van der Waals surface area contributed by atoms with E-state index in [1.807, 2.05) is 19.1 Å². The summed E-state index contributed by atoms with van der Waals surface area (Å²) in [6, 6.07) is 8.08. The maximum atomic E-state index is 13.0. The summed E-state index contributed by atoms with van der Waals surface area (Å²) in [4.78, 5) is 4.19. The largest absolute Gasteiger partial charge is 0.305 e. The van der Waals surface area contributed by atoms with Crippen LogP contribution in [-0.4, -0.2) is 18.0 Å². The maximum Gasteiger partial charge on any atom is 0.257 e. The maximum absolute atomic E-state index is 13.0. The summed E-state index contributed by atoms with van der Waals surface area (Å²) in [5.74, 6) is 0. The van der Waals surface area contributed by atoms with Crippen molar-refractivity contribution in [2.45, 2.75) is 19.4 Å². The molecule has 0 saturated heterocycles. The first-order chi connectivity index (χ1) is 8.24. The topological polar surface area (TPSA) is 24.9 Å². The number of nitrogens with zero attached hydrogens (tertiary/aromatic N) is 1. The molecule has 17 heavy (non-hydrogen) atoms. The molecule has 4 heteroatoms. The van der Waals surface area contributed by atoms with E-state index in [1.165, 1.54) is 0 Å². The smallest absolute Gasteiger partial charge is 0.257 e. The molecule has 1 N–H and O–H groups in total. The molecule has 2 rings (SSSR count). The Morgan fingerprint density at radius 2 is 2.00 bits per heavy atom. The van der Waals surface area contributed by atoms with Gasteiger partial charge in [0, 0.05) is 17.1 Å². The molecule has 1 atom stereocenters. The first-order valence-electron chi connectivity index (χ1n) is 5.59. The third-order valence-electron chi connectivity index (χ3n) is 2.67. The molecule has 90 valence electrons. The molecule has 0 bridgehead atoms. The highest BCUT2D eigenvalue weighted by Gasteiger charge is 2.23. The second-order valence-corrected chi connectivity index (χ2v) is 3.79. The number of rotatable bonds is 4. The second-order valence-electron chi connectivity index (χ2n) is 3.79. The minimum Gasteiger partial charge on any atom is -0.305 e. The van der Waals surface area contributed by atoms with E-state index in [0.29, 0.717) is 17.6 Å². The number of hydrogen-bond acceptors (Lipinski definition) is 2. The highest BCUT2D eigenvalue weighted by Crippen LogP contribution is 2.26. The molecule has 0 spiro atoms. The van der Waals surface area contributed by atoms with Crippen molar-refractivity contribution in [3.63, 3.8) is 0 Å². The van der Waals surface area contributed by atoms with E-state index in [0.717, 1.165) is 5.39 Å². The molecule has 0 fully saturated rings. The fourth-order valence-corrected chi connectivity index (χ4v) is 1.93. The van der Waals surface area contributed by atoms with Gasteiger partial charge < -0.3 is 5.32 Å². The highest BCUT2D eigenvalue weighted by molar-refractivity contribution is 5.82. The van der Waals surface area contributed by atoms with Crippen molar-refractivity contribution in [1.82, 2.24) is 10.3 Å². The van der Waals surface area contributed by atoms with Gasteiger partial charge in [-0.05, 0) is 12.6 Å². The van der Waals surface area contributed by atoms with Gasteiger partial charge in [0.25, 0.3) is 6.43 Å². The molecule has 1 unspecified atom stereocenters. The Hall–Kier alpha value is -1.55. The molecule has 0 aliphatic heterocycles. The molecular weight excluding hydrogens is 222 g/mol. The summed E-state index contributed by atoms with van der Waals surface area (Å²) in [6.45, 7) is 2.31. The average Bonchev–Trinajstić information content (AvgIpc) is 2.35. The third kappa shape index (κ3) is 2.42. The van der Waals surface area contributed by atoms with Crippen molar-refractivity contribution in [2.24, 2.45) is 0 Å². The zero-order valence-corrected chi connectivity index (χ0v) is 9.53. The fourth-order valence-electron chi connectivity index (χ4n) is 1.93. The van der Waals surface area contributed by atoms with Crippen molar-refractivity contribution < 1.29 is 8.78 Å². The predicted octanol–water partition coefficient (Wildman–Crippen LogP) is 3.15. The summed E-state index contributed by atoms with van der Waals surface area (Å²) in [5, 5.41) is 3.68. The van der Waals surface area contributed by atoms with Crippen LogP contribution in [0.2, 0.25) is 0 Å². The van der Waals surface area contributed by atoms with Crippen molar-refractivity contribution in [2.75, 3.05) is 6.54 Å². The van der Waals surface area contributed by atoms with E-state index in [9.17, 15) is 8.78 Å². The van der Waals surface area contributed by atoms with Crippen LogP contribution in [0.4, 0.5) is 8.78 Å². The summed E-state index contributed by atoms with van der Waals surface area (Å²) in [5.41, 5.74) is 1.20. The zero-order chi connectivity index (χ0) is 12.3. The molecule has 1 aromatic heterocycles. The lowest BCUT2D eigenvalue weighted by molar-refractivity contribution is 0.0998. The lowest BCUT2D eigenvalue weighted by atomic mass is 10.0. The molecule has 0 amide bonds. The lowest BCUT2D eigenvalue weighted by Gasteiger charge is -2.18. The molecule has 1 aromatic carbocycles. The Morgan fingerprint density at radius 1 is 1.24 bits per heavy atom. The monoisotopic (exact) mass is 236 g/mol. The Kier molecular flexibility index (Phi) is 3.64. The molecule has 0 radical (unpaired) electrons. The van der Waals surface area contributed by atoms with Crippen LogP contribution in [0.15, 0.2) is 36.5 Å². The number of hydrogen-bond donors (Lipinski definition) is 1. The van der Waals surface area contributed by atoms with Gasteiger partial charge in [-0.25, -0.2) is 8.78 Å². The standard InChI is InChI=1S/C13H14F2N2/c1-2-16-12(13(14)15)10-7-3-5-9-6-4-8-17-11(9)10/h3-8,12-13,16H,2H2,1H3. The minimum absolute atomic E-state index is 0.498. The quantitative estimate of drug-likeness (QED) is 0.882. The van der Waals surface area contributed by atoms with Gasteiger partial charge in [0.2, 0.25) is 0 Å². The van der Waals surface area contributed by atoms with Crippen LogP contribution in [0, 0.1) is 0 Å². The summed E-state index contributed by atoms with van der Waals surface area (Å²) >= 11 is 0. The summed E-state index contributed by atoms with van der Waals surface area (Å²) in [7, 11) is 0. The van der Waals surface area contributed by atoms with Gasteiger partial charge in [0.05, 0.1) is 11.6 Å². The number of nitrogens with one attached hydrogen (secondary N) is 1. The SMILES string of the molecule is CCNC(c1cccc2cccnc12)C(F)F. The van der Waals surface area contributed by atoms with Gasteiger partial charge in [-0.15, -0.1) is 0 Å². The van der Waals surface area contributed by atoms with Crippen LogP contribution in [0.5, 0.6) is 0 Å². The number of halogens is 2. The minimum atomic E-state index is -2.44. The van der Waals surface area contributed by atoms with Crippen molar-refractivity contribution >= 4 is 10.9 Å². The fraction of sp³-hybridized carbons (Fsp3) is 0.308. The predicted molar refractivity (Wildman–Crippen MR) is 64.2 cm³/mol. The number of aromatic nitrogens is 1. The third-order valence-corrected chi connectivity index (χ3v) is 2.67. The first-order valence-corrected chi connectivity index (χ1v) is 5.59. The van der Waals surface area contributed by atoms with Crippen LogP contribution in [0.25, 0.3) is 10.9 Å². The van der Waals surface area contributed by atoms with Crippen LogP contribution < -0.4 is 5.32 Å². The zero-order valence-electron chi connectivity index (χ0n) is 9.53. The Morgan fingerprint density at radius 3 is 2.71 bits per heavy atom. The second kappa shape index (κ2) is 5.19. The van der Waals surface area contributed by atoms with Crippen LogP contribution in [0.3, 0.4) is 0 Å². The van der Waals surface area contributed by atoms with Gasteiger partial charge in [-0.2, -0.15) is 0 Å². The molecule has 2 aromatic rings. The number of pyridine rings is 1. The van der Waals surface area contributed by atoms with Gasteiger partial charge in [0.15, 0.2) is 0 Å². The number of alkyl halides is 2. The molecule has 2 nitrogen and oxygen atoms in total. The molecule has 0 aliphatic rings. The summed E-state index contributed by atoms with van der Waals surface area (Å²) in [6.07, 6.45) is -0.817. The van der Waals surface area contributed by atoms with E-state index in [-0.39, 0.29) is 0 Å². The van der Waals surface area contributed by atoms with E-state index in [4.69, 9.17) is 0 Å². The van der Waals surface area contributed by atoms with Crippen LogP contribution in [0.1, 0.15) is 18.5 Å². The van der Waals surface area contributed by atoms with Crippen molar-refractivity contribution in [3.8, 4) is 0 Å². The number of fused-ring (bicyclic) bond motifs is 1. The van der Waals surface area contributed by atoms with Gasteiger partial charge in [-0.1, -0.05) is 31.2 Å². The Labute approximate surface area is 98.7 Å². The van der Waals surface area contributed by atoms with E-state index >= 15 is 0 Å².